The second kappa shape index (κ2) is 4.83. The molecule has 2 rings (SSSR count). The average Bonchev–Trinajstić information content (AvgIpc) is 2.28. The van der Waals surface area contributed by atoms with E-state index in [1.807, 2.05) is 0 Å². The third-order valence-electron chi connectivity index (χ3n) is 2.73. The van der Waals surface area contributed by atoms with Crippen molar-refractivity contribution in [2.75, 3.05) is 18.0 Å². The lowest BCUT2D eigenvalue weighted by Crippen LogP contribution is -2.35. The van der Waals surface area contributed by atoms with Gasteiger partial charge in [0.15, 0.2) is 5.78 Å². The van der Waals surface area contributed by atoms with Crippen molar-refractivity contribution >= 4 is 33.1 Å². The molecule has 0 spiro atoms. The summed E-state index contributed by atoms with van der Waals surface area (Å²) in [6.45, 7) is 0.945. The Labute approximate surface area is 107 Å². The third kappa shape index (κ3) is 2.63. The molecule has 1 aromatic carbocycles. The molecule has 0 aliphatic carbocycles. The highest BCUT2D eigenvalue weighted by Gasteiger charge is 2.24. The first kappa shape index (κ1) is 12.0. The highest BCUT2D eigenvalue weighted by Crippen LogP contribution is 2.32. The first-order valence-electron chi connectivity index (χ1n) is 5.28. The maximum absolute atomic E-state index is 11.4. The fourth-order valence-corrected chi connectivity index (χ4v) is 2.30. The minimum Gasteiger partial charge on any atom is -0.359 e. The molecular weight excluding hydrogens is 288 g/mol. The number of benzene rings is 1. The first-order chi connectivity index (χ1) is 8.08. The van der Waals surface area contributed by atoms with Crippen molar-refractivity contribution in [3.05, 3.63) is 32.8 Å². The Morgan fingerprint density at radius 3 is 2.82 bits per heavy atom. The Hall–Kier alpha value is -1.43. The maximum Gasteiger partial charge on any atom is 0.292 e. The highest BCUT2D eigenvalue weighted by molar-refractivity contribution is 9.10. The van der Waals surface area contributed by atoms with E-state index in [1.54, 1.807) is 17.0 Å². The van der Waals surface area contributed by atoms with Crippen LogP contribution in [0.1, 0.15) is 12.8 Å². The van der Waals surface area contributed by atoms with E-state index in [0.29, 0.717) is 18.7 Å². The summed E-state index contributed by atoms with van der Waals surface area (Å²) in [6.07, 6.45) is 1.32. The lowest BCUT2D eigenvalue weighted by Gasteiger charge is -2.27. The van der Waals surface area contributed by atoms with Crippen LogP contribution in [-0.4, -0.2) is 23.8 Å². The van der Waals surface area contributed by atoms with Gasteiger partial charge in [-0.3, -0.25) is 14.9 Å². The number of anilines is 1. The minimum absolute atomic E-state index is 0.0444. The van der Waals surface area contributed by atoms with Gasteiger partial charge in [-0.25, -0.2) is 0 Å². The number of carbonyl (C=O) groups excluding carboxylic acids is 1. The molecule has 0 bridgehead atoms. The monoisotopic (exact) mass is 298 g/mol. The summed E-state index contributed by atoms with van der Waals surface area (Å²) >= 11 is 3.29. The second-order valence-corrected chi connectivity index (χ2v) is 4.87. The summed E-state index contributed by atoms with van der Waals surface area (Å²) in [5, 5.41) is 10.9. The fraction of sp³-hybridized carbons (Fsp3) is 0.364. The molecule has 1 fully saturated rings. The summed E-state index contributed by atoms with van der Waals surface area (Å²) in [6, 6.07) is 4.78. The van der Waals surface area contributed by atoms with Gasteiger partial charge in [0.05, 0.1) is 11.5 Å². The summed E-state index contributed by atoms with van der Waals surface area (Å²) in [4.78, 5) is 23.7. The predicted octanol–water partition coefficient (Wildman–Crippen LogP) is 2.53. The zero-order valence-electron chi connectivity index (χ0n) is 9.06. The average molecular weight is 299 g/mol. The van der Waals surface area contributed by atoms with E-state index in [9.17, 15) is 14.9 Å². The van der Waals surface area contributed by atoms with E-state index in [4.69, 9.17) is 0 Å². The van der Waals surface area contributed by atoms with E-state index < -0.39 is 4.92 Å². The van der Waals surface area contributed by atoms with Gasteiger partial charge in [-0.1, -0.05) is 15.9 Å². The van der Waals surface area contributed by atoms with Gasteiger partial charge >= 0.3 is 0 Å². The number of Topliss-reactive ketones (excluding diaryl/α,β-unsaturated/α-hetero) is 1. The molecule has 0 amide bonds. The molecule has 1 aromatic rings. The van der Waals surface area contributed by atoms with Gasteiger partial charge in [-0.2, -0.15) is 0 Å². The van der Waals surface area contributed by atoms with Gasteiger partial charge in [0, 0.05) is 23.5 Å². The Bertz CT molecular complexity index is 476. The second-order valence-electron chi connectivity index (χ2n) is 3.95. The molecule has 1 heterocycles. The third-order valence-corrected chi connectivity index (χ3v) is 3.22. The Balaban J connectivity index is 2.38. The van der Waals surface area contributed by atoms with Crippen LogP contribution in [0.25, 0.3) is 0 Å². The smallest absolute Gasteiger partial charge is 0.292 e. The maximum atomic E-state index is 11.4. The van der Waals surface area contributed by atoms with Crippen molar-refractivity contribution in [3.63, 3.8) is 0 Å². The van der Waals surface area contributed by atoms with E-state index in [1.165, 1.54) is 6.07 Å². The summed E-state index contributed by atoms with van der Waals surface area (Å²) in [7, 11) is 0. The van der Waals surface area contributed by atoms with Crippen LogP contribution in [0.4, 0.5) is 11.4 Å². The van der Waals surface area contributed by atoms with Crippen molar-refractivity contribution in [2.45, 2.75) is 12.8 Å². The van der Waals surface area contributed by atoms with Crippen molar-refractivity contribution in [3.8, 4) is 0 Å². The van der Waals surface area contributed by atoms with Crippen LogP contribution in [0.5, 0.6) is 0 Å². The van der Waals surface area contributed by atoms with Crippen LogP contribution in [0.15, 0.2) is 22.7 Å². The molecule has 0 atom stereocenters. The standard InChI is InChI=1S/C11H11BrN2O3/c12-8-3-4-10(14(16)17)11(6-8)13-5-1-2-9(15)7-13/h3-4,6H,1-2,5,7H2. The first-order valence-corrected chi connectivity index (χ1v) is 6.08. The van der Waals surface area contributed by atoms with Gasteiger partial charge in [0.1, 0.15) is 5.69 Å². The molecular formula is C11H11BrN2O3. The number of hydrogen-bond donors (Lipinski definition) is 0. The number of piperidine rings is 1. The molecule has 1 aliphatic rings. The van der Waals surface area contributed by atoms with Gasteiger partial charge in [-0.15, -0.1) is 0 Å². The number of halogens is 1. The van der Waals surface area contributed by atoms with Gasteiger partial charge in [-0.05, 0) is 18.6 Å². The van der Waals surface area contributed by atoms with Gasteiger partial charge < -0.3 is 4.90 Å². The van der Waals surface area contributed by atoms with Crippen molar-refractivity contribution < 1.29 is 9.72 Å². The zero-order valence-corrected chi connectivity index (χ0v) is 10.6. The van der Waals surface area contributed by atoms with Gasteiger partial charge in [0.2, 0.25) is 0 Å². The molecule has 6 heteroatoms. The van der Waals surface area contributed by atoms with Crippen molar-refractivity contribution in [2.24, 2.45) is 0 Å². The Morgan fingerprint density at radius 1 is 1.41 bits per heavy atom. The number of ketones is 1. The Morgan fingerprint density at radius 2 is 2.18 bits per heavy atom. The predicted molar refractivity (Wildman–Crippen MR) is 67.3 cm³/mol. The molecule has 1 saturated heterocycles. The molecule has 0 aromatic heterocycles. The van der Waals surface area contributed by atoms with Crippen LogP contribution in [0.2, 0.25) is 0 Å². The van der Waals surface area contributed by atoms with Crippen molar-refractivity contribution in [1.82, 2.24) is 0 Å². The van der Waals surface area contributed by atoms with Gasteiger partial charge in [0.25, 0.3) is 5.69 Å². The van der Waals surface area contributed by atoms with Crippen LogP contribution in [0.3, 0.4) is 0 Å². The normalized spacial score (nSPS) is 16.1. The number of rotatable bonds is 2. The highest BCUT2D eigenvalue weighted by atomic mass is 79.9. The van der Waals surface area contributed by atoms with E-state index in [0.717, 1.165) is 10.9 Å². The number of carbonyl (C=O) groups is 1. The fourth-order valence-electron chi connectivity index (χ4n) is 1.95. The van der Waals surface area contributed by atoms with E-state index >= 15 is 0 Å². The minimum atomic E-state index is -0.416. The SMILES string of the molecule is O=C1CCCN(c2cc(Br)ccc2[N+](=O)[O-])C1. The van der Waals surface area contributed by atoms with Crippen LogP contribution in [-0.2, 0) is 4.79 Å². The molecule has 17 heavy (non-hydrogen) atoms. The molecule has 1 aliphatic heterocycles. The summed E-state index contributed by atoms with van der Waals surface area (Å²) < 4.78 is 0.774. The Kier molecular flexibility index (Phi) is 3.42. The molecule has 90 valence electrons. The van der Waals surface area contributed by atoms with E-state index in [2.05, 4.69) is 15.9 Å². The number of nitro groups is 1. The number of nitro benzene ring substituents is 1. The molecule has 0 unspecified atom stereocenters. The lowest BCUT2D eigenvalue weighted by atomic mass is 10.1. The number of hydrogen-bond acceptors (Lipinski definition) is 4. The quantitative estimate of drug-likeness (QED) is 0.622. The van der Waals surface area contributed by atoms with Crippen molar-refractivity contribution in [1.29, 1.82) is 0 Å². The molecule has 0 radical (unpaired) electrons. The lowest BCUT2D eigenvalue weighted by molar-refractivity contribution is -0.384. The van der Waals surface area contributed by atoms with Crippen LogP contribution < -0.4 is 4.90 Å². The zero-order chi connectivity index (χ0) is 12.4. The summed E-state index contributed by atoms with van der Waals surface area (Å²) in [5.74, 6) is 0.130. The topological polar surface area (TPSA) is 63.5 Å². The molecule has 5 nitrogen and oxygen atoms in total. The van der Waals surface area contributed by atoms with E-state index in [-0.39, 0.29) is 18.0 Å². The molecule has 0 saturated carbocycles. The molecule has 0 N–H and O–H groups in total. The van der Waals surface area contributed by atoms with Crippen LogP contribution in [0, 0.1) is 10.1 Å². The number of nitrogens with zero attached hydrogens (tertiary/aromatic N) is 2. The largest absolute Gasteiger partial charge is 0.359 e. The summed E-state index contributed by atoms with van der Waals surface area (Å²) in [5.41, 5.74) is 0.556. The van der Waals surface area contributed by atoms with Crippen LogP contribution >= 0.6 is 15.9 Å².